The van der Waals surface area contributed by atoms with Crippen LogP contribution in [-0.4, -0.2) is 14.2 Å². The molecule has 0 saturated heterocycles. The summed E-state index contributed by atoms with van der Waals surface area (Å²) < 4.78 is 10.7. The van der Waals surface area contributed by atoms with Crippen molar-refractivity contribution in [1.82, 2.24) is 0 Å². The first-order valence-electron chi connectivity index (χ1n) is 11.8. The van der Waals surface area contributed by atoms with Gasteiger partial charge in [0.15, 0.2) is 0 Å². The Morgan fingerprint density at radius 1 is 0.529 bits per heavy atom. The van der Waals surface area contributed by atoms with E-state index in [4.69, 9.17) is 9.47 Å². The standard InChI is InChI=1S/C32H30O2/c1-21-16-29(33-3)12-14-31(21)27-10-8-25(19-27)23-6-5-7-24(18-23)26-9-11-28(20-26)32-15-13-30(34-4)17-22(32)2/h5-18H,19-20H2,1-4H3. The van der Waals surface area contributed by atoms with Gasteiger partial charge >= 0.3 is 0 Å². The Balaban J connectivity index is 1.30. The van der Waals surface area contributed by atoms with Crippen molar-refractivity contribution < 1.29 is 9.47 Å². The first-order chi connectivity index (χ1) is 16.6. The number of rotatable bonds is 6. The van der Waals surface area contributed by atoms with Crippen LogP contribution >= 0.6 is 0 Å². The highest BCUT2D eigenvalue weighted by atomic mass is 16.5. The van der Waals surface area contributed by atoms with Crippen LogP contribution in [-0.2, 0) is 0 Å². The second-order valence-electron chi connectivity index (χ2n) is 9.06. The molecule has 0 aliphatic heterocycles. The highest BCUT2D eigenvalue weighted by Gasteiger charge is 2.17. The predicted octanol–water partition coefficient (Wildman–Crippen LogP) is 8.06. The van der Waals surface area contributed by atoms with Crippen LogP contribution in [0.5, 0.6) is 11.5 Å². The average molecular weight is 447 g/mol. The van der Waals surface area contributed by atoms with Crippen molar-refractivity contribution in [3.8, 4) is 11.5 Å². The average Bonchev–Trinajstić information content (AvgIpc) is 3.54. The van der Waals surface area contributed by atoms with Gasteiger partial charge in [-0.1, -0.05) is 54.6 Å². The van der Waals surface area contributed by atoms with Crippen LogP contribution in [0, 0.1) is 13.8 Å². The van der Waals surface area contributed by atoms with Crippen molar-refractivity contribution in [3.63, 3.8) is 0 Å². The molecule has 2 aliphatic rings. The molecular weight excluding hydrogens is 416 g/mol. The predicted molar refractivity (Wildman–Crippen MR) is 143 cm³/mol. The third kappa shape index (κ3) is 4.24. The molecule has 170 valence electrons. The Kier molecular flexibility index (Phi) is 5.98. The van der Waals surface area contributed by atoms with E-state index in [1.165, 1.54) is 55.7 Å². The highest BCUT2D eigenvalue weighted by molar-refractivity contribution is 5.90. The number of hydrogen-bond acceptors (Lipinski definition) is 2. The lowest BCUT2D eigenvalue weighted by Gasteiger charge is -2.13. The molecule has 0 N–H and O–H groups in total. The van der Waals surface area contributed by atoms with E-state index in [1.807, 2.05) is 12.1 Å². The van der Waals surface area contributed by atoms with Crippen LogP contribution in [0.3, 0.4) is 0 Å². The zero-order valence-electron chi connectivity index (χ0n) is 20.3. The Hall–Kier alpha value is -3.78. The summed E-state index contributed by atoms with van der Waals surface area (Å²) in [4.78, 5) is 0. The zero-order chi connectivity index (χ0) is 23.7. The molecule has 0 atom stereocenters. The molecule has 0 unspecified atom stereocenters. The summed E-state index contributed by atoms with van der Waals surface area (Å²) in [6, 6.07) is 21.6. The quantitative estimate of drug-likeness (QED) is 0.381. The third-order valence-corrected chi connectivity index (χ3v) is 6.90. The van der Waals surface area contributed by atoms with Crippen molar-refractivity contribution in [2.24, 2.45) is 0 Å². The molecule has 0 fully saturated rings. The molecule has 3 aromatic rings. The first kappa shape index (κ1) is 22.0. The lowest BCUT2D eigenvalue weighted by molar-refractivity contribution is 0.414. The molecule has 0 radical (unpaired) electrons. The van der Waals surface area contributed by atoms with Crippen molar-refractivity contribution >= 4 is 22.3 Å². The minimum Gasteiger partial charge on any atom is -0.497 e. The van der Waals surface area contributed by atoms with E-state index in [2.05, 4.69) is 86.7 Å². The molecule has 0 spiro atoms. The number of methoxy groups -OCH3 is 2. The second-order valence-corrected chi connectivity index (χ2v) is 9.06. The van der Waals surface area contributed by atoms with Crippen molar-refractivity contribution in [2.45, 2.75) is 26.7 Å². The van der Waals surface area contributed by atoms with Crippen LogP contribution in [0.1, 0.15) is 46.2 Å². The zero-order valence-corrected chi connectivity index (χ0v) is 20.3. The SMILES string of the molecule is COc1ccc(C2=CC=C(c3cccc(C4=CC=C(c5ccc(OC)cc5C)C4)c3)C2)c(C)c1. The maximum Gasteiger partial charge on any atom is 0.119 e. The van der Waals surface area contributed by atoms with Crippen LogP contribution in [0.15, 0.2) is 85.0 Å². The Labute approximate surface area is 202 Å². The lowest BCUT2D eigenvalue weighted by atomic mass is 9.92. The van der Waals surface area contributed by atoms with Gasteiger partial charge in [-0.2, -0.15) is 0 Å². The minimum atomic E-state index is 0.906. The van der Waals surface area contributed by atoms with Gasteiger partial charge < -0.3 is 9.47 Å². The molecule has 3 aromatic carbocycles. The van der Waals surface area contributed by atoms with Crippen molar-refractivity contribution in [2.75, 3.05) is 14.2 Å². The Bertz CT molecular complexity index is 1280. The number of hydrogen-bond donors (Lipinski definition) is 0. The van der Waals surface area contributed by atoms with Gasteiger partial charge in [0, 0.05) is 0 Å². The van der Waals surface area contributed by atoms with Crippen LogP contribution < -0.4 is 9.47 Å². The van der Waals surface area contributed by atoms with E-state index < -0.39 is 0 Å². The van der Waals surface area contributed by atoms with Gasteiger partial charge in [-0.15, -0.1) is 0 Å². The molecule has 2 aliphatic carbocycles. The number of benzene rings is 3. The maximum atomic E-state index is 5.37. The Morgan fingerprint density at radius 3 is 1.38 bits per heavy atom. The lowest BCUT2D eigenvalue weighted by Crippen LogP contribution is -1.92. The summed E-state index contributed by atoms with van der Waals surface area (Å²) in [5, 5.41) is 0. The Morgan fingerprint density at radius 2 is 0.971 bits per heavy atom. The van der Waals surface area contributed by atoms with E-state index in [-0.39, 0.29) is 0 Å². The summed E-state index contributed by atoms with van der Waals surface area (Å²) in [6.07, 6.45) is 11.0. The largest absolute Gasteiger partial charge is 0.497 e. The van der Waals surface area contributed by atoms with Crippen molar-refractivity contribution in [1.29, 1.82) is 0 Å². The van der Waals surface area contributed by atoms with Crippen LogP contribution in [0.25, 0.3) is 22.3 Å². The minimum absolute atomic E-state index is 0.906. The fraction of sp³-hybridized carbons (Fsp3) is 0.188. The summed E-state index contributed by atoms with van der Waals surface area (Å²) >= 11 is 0. The normalized spacial score (nSPS) is 14.9. The highest BCUT2D eigenvalue weighted by Crippen LogP contribution is 2.39. The summed E-state index contributed by atoms with van der Waals surface area (Å²) in [7, 11) is 3.43. The number of aryl methyl sites for hydroxylation is 2. The maximum absolute atomic E-state index is 5.37. The van der Waals surface area contributed by atoms with Crippen LogP contribution in [0.4, 0.5) is 0 Å². The van der Waals surface area contributed by atoms with E-state index in [0.717, 1.165) is 24.3 Å². The topological polar surface area (TPSA) is 18.5 Å². The molecule has 0 aromatic heterocycles. The molecule has 0 bridgehead atoms. The molecule has 0 saturated carbocycles. The second kappa shape index (κ2) is 9.23. The van der Waals surface area contributed by atoms with Crippen LogP contribution in [0.2, 0.25) is 0 Å². The number of allylic oxidation sites excluding steroid dienone is 8. The van der Waals surface area contributed by atoms with Gasteiger partial charge in [0.2, 0.25) is 0 Å². The summed E-state index contributed by atoms with van der Waals surface area (Å²) in [5.74, 6) is 1.81. The van der Waals surface area contributed by atoms with E-state index >= 15 is 0 Å². The molecule has 5 rings (SSSR count). The van der Waals surface area contributed by atoms with E-state index in [0.29, 0.717) is 0 Å². The molecule has 2 nitrogen and oxygen atoms in total. The fourth-order valence-electron chi connectivity index (χ4n) is 4.98. The van der Waals surface area contributed by atoms with Gasteiger partial charge in [0.05, 0.1) is 14.2 Å². The molecule has 2 heteroatoms. The van der Waals surface area contributed by atoms with Gasteiger partial charge in [0.1, 0.15) is 11.5 Å². The molecular formula is C32H30O2. The van der Waals surface area contributed by atoms with Gasteiger partial charge in [0.25, 0.3) is 0 Å². The third-order valence-electron chi connectivity index (χ3n) is 6.90. The van der Waals surface area contributed by atoms with Gasteiger partial charge in [-0.3, -0.25) is 0 Å². The molecule has 0 amide bonds. The van der Waals surface area contributed by atoms with Gasteiger partial charge in [-0.25, -0.2) is 0 Å². The molecule has 0 heterocycles. The monoisotopic (exact) mass is 446 g/mol. The van der Waals surface area contributed by atoms with Crippen molar-refractivity contribution in [3.05, 3.63) is 118 Å². The summed E-state index contributed by atoms with van der Waals surface area (Å²) in [5.41, 5.74) is 13.1. The molecule has 34 heavy (non-hydrogen) atoms. The fourth-order valence-corrected chi connectivity index (χ4v) is 4.98. The summed E-state index contributed by atoms with van der Waals surface area (Å²) in [6.45, 7) is 4.30. The smallest absolute Gasteiger partial charge is 0.119 e. The first-order valence-corrected chi connectivity index (χ1v) is 11.8. The van der Waals surface area contributed by atoms with Gasteiger partial charge in [-0.05, 0) is 113 Å². The van der Waals surface area contributed by atoms with E-state index in [1.54, 1.807) is 14.2 Å². The number of ether oxygens (including phenoxy) is 2. The van der Waals surface area contributed by atoms with E-state index in [9.17, 15) is 0 Å².